The fourth-order valence-corrected chi connectivity index (χ4v) is 2.96. The lowest BCUT2D eigenvalue weighted by molar-refractivity contribution is -0.384. The van der Waals surface area contributed by atoms with Gasteiger partial charge in [-0.1, -0.05) is 42.5 Å². The van der Waals surface area contributed by atoms with Crippen LogP contribution in [0, 0.1) is 10.1 Å². The number of anilines is 1. The monoisotopic (exact) mass is 414 g/mol. The van der Waals surface area contributed by atoms with E-state index < -0.39 is 22.7 Å². The highest BCUT2D eigenvalue weighted by Crippen LogP contribution is 2.30. The number of ketones is 1. The van der Waals surface area contributed by atoms with Crippen molar-refractivity contribution in [3.05, 3.63) is 106 Å². The zero-order valence-corrected chi connectivity index (χ0v) is 15.6. The Bertz CT molecular complexity index is 1020. The summed E-state index contributed by atoms with van der Waals surface area (Å²) in [5, 5.41) is 14.1. The maximum Gasteiger partial charge on any atom is 0.416 e. The van der Waals surface area contributed by atoms with E-state index in [1.807, 2.05) is 18.2 Å². The van der Waals surface area contributed by atoms with Crippen molar-refractivity contribution < 1.29 is 22.9 Å². The van der Waals surface area contributed by atoms with E-state index >= 15 is 0 Å². The zero-order valence-electron chi connectivity index (χ0n) is 15.6. The summed E-state index contributed by atoms with van der Waals surface area (Å²) in [7, 11) is 0. The van der Waals surface area contributed by atoms with Crippen LogP contribution < -0.4 is 5.32 Å². The number of Topliss-reactive ketones (excluding diaryl/α,β-unsaturated/α-hetero) is 1. The van der Waals surface area contributed by atoms with Crippen molar-refractivity contribution in [2.24, 2.45) is 0 Å². The molecule has 30 heavy (non-hydrogen) atoms. The molecule has 0 amide bonds. The van der Waals surface area contributed by atoms with Crippen LogP contribution in [0.15, 0.2) is 78.9 Å². The zero-order chi connectivity index (χ0) is 21.7. The average molecular weight is 414 g/mol. The predicted molar refractivity (Wildman–Crippen MR) is 106 cm³/mol. The molecule has 0 aliphatic carbocycles. The Morgan fingerprint density at radius 3 is 2.07 bits per heavy atom. The molecule has 0 unspecified atom stereocenters. The van der Waals surface area contributed by atoms with Crippen molar-refractivity contribution in [1.82, 2.24) is 0 Å². The van der Waals surface area contributed by atoms with Gasteiger partial charge in [0, 0.05) is 29.8 Å². The number of nitrogens with one attached hydrogen (secondary N) is 1. The van der Waals surface area contributed by atoms with E-state index in [4.69, 9.17) is 0 Å². The van der Waals surface area contributed by atoms with Gasteiger partial charge in [-0.25, -0.2) is 0 Å². The van der Waals surface area contributed by atoms with E-state index in [-0.39, 0.29) is 23.5 Å². The van der Waals surface area contributed by atoms with Gasteiger partial charge in [0.2, 0.25) is 0 Å². The van der Waals surface area contributed by atoms with Gasteiger partial charge in [-0.2, -0.15) is 13.2 Å². The maximum atomic E-state index is 12.7. The number of nitro groups is 1. The Morgan fingerprint density at radius 1 is 0.933 bits per heavy atom. The smallest absolute Gasteiger partial charge is 0.378 e. The molecule has 0 aliphatic rings. The van der Waals surface area contributed by atoms with Crippen molar-refractivity contribution in [3.63, 3.8) is 0 Å². The number of carbonyl (C=O) groups excluding carboxylic acids is 1. The molecule has 0 heterocycles. The number of non-ortho nitro benzene ring substituents is 1. The number of rotatable bonds is 7. The molecule has 0 aromatic heterocycles. The summed E-state index contributed by atoms with van der Waals surface area (Å²) < 4.78 is 38.2. The first-order valence-corrected chi connectivity index (χ1v) is 9.00. The third kappa shape index (κ3) is 5.22. The standard InChI is InChI=1S/C22H17F3N2O3/c23-22(24,25)17-10-6-16(7-11-17)21(28)14-20(26-18-4-2-1-3-5-18)15-8-12-19(13-9-15)27(29)30/h1-13,20,26H,14H2/t20-/m0/s1. The largest absolute Gasteiger partial charge is 0.416 e. The van der Waals surface area contributed by atoms with Gasteiger partial charge in [0.1, 0.15) is 0 Å². The van der Waals surface area contributed by atoms with Gasteiger partial charge >= 0.3 is 6.18 Å². The Morgan fingerprint density at radius 2 is 1.53 bits per heavy atom. The number of carbonyl (C=O) groups is 1. The summed E-state index contributed by atoms with van der Waals surface area (Å²) in [6.45, 7) is 0. The molecule has 0 saturated heterocycles. The number of nitro benzene ring substituents is 1. The number of halogens is 3. The second-order valence-corrected chi connectivity index (χ2v) is 6.61. The maximum absolute atomic E-state index is 12.7. The van der Waals surface area contributed by atoms with Gasteiger partial charge in [0.25, 0.3) is 5.69 Å². The summed E-state index contributed by atoms with van der Waals surface area (Å²) in [5.41, 5.74) is 0.634. The minimum atomic E-state index is -4.47. The molecule has 0 saturated carbocycles. The molecule has 0 aliphatic heterocycles. The highest BCUT2D eigenvalue weighted by atomic mass is 19.4. The molecule has 3 aromatic carbocycles. The predicted octanol–water partition coefficient (Wildman–Crippen LogP) is 6.04. The molecule has 5 nitrogen and oxygen atoms in total. The quantitative estimate of drug-likeness (QED) is 0.291. The minimum absolute atomic E-state index is 0.0436. The Kier molecular flexibility index (Phi) is 6.15. The van der Waals surface area contributed by atoms with Gasteiger partial charge in [-0.3, -0.25) is 14.9 Å². The van der Waals surface area contributed by atoms with Crippen LogP contribution in [-0.2, 0) is 6.18 Å². The van der Waals surface area contributed by atoms with Crippen molar-refractivity contribution in [2.75, 3.05) is 5.32 Å². The van der Waals surface area contributed by atoms with Crippen LogP contribution in [0.1, 0.15) is 33.9 Å². The van der Waals surface area contributed by atoms with E-state index in [1.165, 1.54) is 12.1 Å². The second-order valence-electron chi connectivity index (χ2n) is 6.61. The molecule has 3 rings (SSSR count). The molecule has 0 bridgehead atoms. The normalized spacial score (nSPS) is 12.2. The van der Waals surface area contributed by atoms with Gasteiger partial charge < -0.3 is 5.32 Å². The average Bonchev–Trinajstić information content (AvgIpc) is 2.73. The van der Waals surface area contributed by atoms with Gasteiger partial charge in [-0.05, 0) is 29.8 Å². The third-order valence-corrected chi connectivity index (χ3v) is 4.54. The van der Waals surface area contributed by atoms with Crippen molar-refractivity contribution in [2.45, 2.75) is 18.6 Å². The topological polar surface area (TPSA) is 72.2 Å². The van der Waals surface area contributed by atoms with Crippen LogP contribution in [0.4, 0.5) is 24.5 Å². The number of hydrogen-bond donors (Lipinski definition) is 1. The lowest BCUT2D eigenvalue weighted by atomic mass is 9.96. The van der Waals surface area contributed by atoms with E-state index in [2.05, 4.69) is 5.32 Å². The lowest BCUT2D eigenvalue weighted by Gasteiger charge is -2.20. The number of para-hydroxylation sites is 1. The summed E-state index contributed by atoms with van der Waals surface area (Å²) in [6.07, 6.45) is -4.52. The molecule has 154 valence electrons. The summed E-state index contributed by atoms with van der Waals surface area (Å²) >= 11 is 0. The van der Waals surface area contributed by atoms with E-state index in [0.717, 1.165) is 30.0 Å². The number of benzene rings is 3. The first-order valence-electron chi connectivity index (χ1n) is 9.00. The van der Waals surface area contributed by atoms with E-state index in [0.29, 0.717) is 5.56 Å². The Labute approximate surface area is 170 Å². The van der Waals surface area contributed by atoms with Crippen molar-refractivity contribution in [3.8, 4) is 0 Å². The summed E-state index contributed by atoms with van der Waals surface area (Å²) in [4.78, 5) is 23.1. The lowest BCUT2D eigenvalue weighted by Crippen LogP contribution is -2.16. The fourth-order valence-electron chi connectivity index (χ4n) is 2.96. The van der Waals surface area contributed by atoms with Crippen molar-refractivity contribution >= 4 is 17.2 Å². The number of hydrogen-bond acceptors (Lipinski definition) is 4. The SMILES string of the molecule is O=C(C[C@H](Nc1ccccc1)c1ccc([N+](=O)[O-])cc1)c1ccc(C(F)(F)F)cc1. The third-order valence-electron chi connectivity index (χ3n) is 4.54. The van der Waals surface area contributed by atoms with E-state index in [1.54, 1.807) is 24.3 Å². The summed E-state index contributed by atoms with van der Waals surface area (Å²) in [5.74, 6) is -0.351. The van der Waals surface area contributed by atoms with Crippen LogP contribution >= 0.6 is 0 Å². The number of alkyl halides is 3. The fraction of sp³-hybridized carbons (Fsp3) is 0.136. The Hall–Kier alpha value is -3.68. The molecule has 0 fully saturated rings. The van der Waals surface area contributed by atoms with Crippen molar-refractivity contribution in [1.29, 1.82) is 0 Å². The van der Waals surface area contributed by atoms with Crippen LogP contribution in [0.25, 0.3) is 0 Å². The first-order chi connectivity index (χ1) is 14.2. The van der Waals surface area contributed by atoms with Gasteiger partial charge in [0.05, 0.1) is 16.5 Å². The molecule has 3 aromatic rings. The molecule has 0 radical (unpaired) electrons. The highest BCUT2D eigenvalue weighted by Gasteiger charge is 2.30. The van der Waals surface area contributed by atoms with Crippen LogP contribution in [0.5, 0.6) is 0 Å². The molecule has 0 spiro atoms. The molecule has 1 atom stereocenters. The number of nitrogens with zero attached hydrogens (tertiary/aromatic N) is 1. The van der Waals surface area contributed by atoms with E-state index in [9.17, 15) is 28.1 Å². The molecule has 8 heteroatoms. The first kappa shape index (κ1) is 21.0. The highest BCUT2D eigenvalue weighted by molar-refractivity contribution is 5.96. The molecular formula is C22H17F3N2O3. The second kappa shape index (κ2) is 8.77. The van der Waals surface area contributed by atoms with Gasteiger partial charge in [0.15, 0.2) is 5.78 Å². The molecule has 1 N–H and O–H groups in total. The molecular weight excluding hydrogens is 397 g/mol. The van der Waals surface area contributed by atoms with Gasteiger partial charge in [-0.15, -0.1) is 0 Å². The van der Waals surface area contributed by atoms with Crippen LogP contribution in [-0.4, -0.2) is 10.7 Å². The van der Waals surface area contributed by atoms with Crippen LogP contribution in [0.2, 0.25) is 0 Å². The Balaban J connectivity index is 1.84. The summed E-state index contributed by atoms with van der Waals surface area (Å²) in [6, 6.07) is 18.4. The minimum Gasteiger partial charge on any atom is -0.378 e. The van der Waals surface area contributed by atoms with Crippen LogP contribution in [0.3, 0.4) is 0 Å².